The molecular weight excluding hydrogens is 180 g/mol. The van der Waals surface area contributed by atoms with Crippen LogP contribution in [0.4, 0.5) is 4.79 Å². The predicted molar refractivity (Wildman–Crippen MR) is 56.6 cm³/mol. The van der Waals surface area contributed by atoms with Crippen molar-refractivity contribution < 1.29 is 9.53 Å². The van der Waals surface area contributed by atoms with Crippen molar-refractivity contribution >= 4 is 6.09 Å². The van der Waals surface area contributed by atoms with Crippen LogP contribution >= 0.6 is 0 Å². The molecule has 4 nitrogen and oxygen atoms in total. The van der Waals surface area contributed by atoms with Crippen molar-refractivity contribution in [1.29, 1.82) is 0 Å². The number of nitrogens with zero attached hydrogens (tertiary/aromatic N) is 1. The van der Waals surface area contributed by atoms with E-state index in [-0.39, 0.29) is 6.04 Å². The van der Waals surface area contributed by atoms with Gasteiger partial charge in [-0.15, -0.1) is 0 Å². The maximum Gasteiger partial charge on any atom is 0.424 e. The van der Waals surface area contributed by atoms with Crippen molar-refractivity contribution in [2.75, 3.05) is 0 Å². The Morgan fingerprint density at radius 2 is 1.79 bits per heavy atom. The zero-order valence-electron chi connectivity index (χ0n) is 9.83. The molecule has 0 heterocycles. The zero-order chi connectivity index (χ0) is 11.4. The molecule has 14 heavy (non-hydrogen) atoms. The zero-order valence-corrected chi connectivity index (χ0v) is 9.83. The van der Waals surface area contributed by atoms with E-state index in [2.05, 4.69) is 0 Å². The van der Waals surface area contributed by atoms with Gasteiger partial charge in [-0.1, -0.05) is 13.8 Å². The first-order chi connectivity index (χ1) is 6.31. The lowest BCUT2D eigenvalue weighted by Gasteiger charge is -2.28. The average molecular weight is 202 g/mol. The van der Waals surface area contributed by atoms with Crippen molar-refractivity contribution in [3.63, 3.8) is 0 Å². The second-order valence-corrected chi connectivity index (χ2v) is 4.36. The van der Waals surface area contributed by atoms with Gasteiger partial charge in [-0.25, -0.2) is 15.6 Å². The highest BCUT2D eigenvalue weighted by molar-refractivity contribution is 5.67. The van der Waals surface area contributed by atoms with Crippen molar-refractivity contribution in [3.05, 3.63) is 0 Å². The van der Waals surface area contributed by atoms with Crippen molar-refractivity contribution in [2.24, 2.45) is 5.84 Å². The maximum absolute atomic E-state index is 11.5. The molecule has 0 unspecified atom stereocenters. The number of rotatable bonds is 3. The number of hydrazine groups is 1. The first-order valence-corrected chi connectivity index (χ1v) is 5.08. The van der Waals surface area contributed by atoms with Crippen LogP contribution < -0.4 is 5.84 Å². The molecule has 0 aliphatic heterocycles. The summed E-state index contributed by atoms with van der Waals surface area (Å²) in [7, 11) is 0. The summed E-state index contributed by atoms with van der Waals surface area (Å²) >= 11 is 0. The lowest BCUT2D eigenvalue weighted by molar-refractivity contribution is 0.0148. The lowest BCUT2D eigenvalue weighted by atomic mass is 10.1. The number of nitrogens with two attached hydrogens (primary N) is 1. The predicted octanol–water partition coefficient (Wildman–Crippen LogP) is 2.29. The molecule has 0 aliphatic carbocycles. The first kappa shape index (κ1) is 13.2. The number of hydrogen-bond donors (Lipinski definition) is 1. The van der Waals surface area contributed by atoms with Crippen LogP contribution in [0, 0.1) is 0 Å². The molecule has 0 fully saturated rings. The molecule has 1 amide bonds. The Balaban J connectivity index is 4.24. The largest absolute Gasteiger partial charge is 0.443 e. The van der Waals surface area contributed by atoms with E-state index in [1.54, 1.807) is 0 Å². The molecule has 84 valence electrons. The minimum atomic E-state index is -0.485. The van der Waals surface area contributed by atoms with E-state index >= 15 is 0 Å². The van der Waals surface area contributed by atoms with Crippen LogP contribution in [0.3, 0.4) is 0 Å². The van der Waals surface area contributed by atoms with Crippen molar-refractivity contribution in [1.82, 2.24) is 5.01 Å². The van der Waals surface area contributed by atoms with Crippen LogP contribution in [0.15, 0.2) is 0 Å². The van der Waals surface area contributed by atoms with Crippen LogP contribution in [-0.4, -0.2) is 22.7 Å². The van der Waals surface area contributed by atoms with Gasteiger partial charge in [0.15, 0.2) is 0 Å². The molecule has 0 bridgehead atoms. The summed E-state index contributed by atoms with van der Waals surface area (Å²) in [6.45, 7) is 9.47. The van der Waals surface area contributed by atoms with Crippen LogP contribution in [0.2, 0.25) is 0 Å². The molecule has 0 aromatic heterocycles. The molecule has 0 rings (SSSR count). The fraction of sp³-hybridized carbons (Fsp3) is 0.900. The fourth-order valence-electron chi connectivity index (χ4n) is 1.15. The number of amides is 1. The molecule has 0 aromatic rings. The van der Waals surface area contributed by atoms with Gasteiger partial charge in [0.05, 0.1) is 6.04 Å². The molecule has 0 spiro atoms. The molecule has 0 aliphatic rings. The van der Waals surface area contributed by atoms with Gasteiger partial charge in [0, 0.05) is 0 Å². The van der Waals surface area contributed by atoms with Crippen LogP contribution in [0.1, 0.15) is 47.5 Å². The van der Waals surface area contributed by atoms with Gasteiger partial charge in [-0.3, -0.25) is 0 Å². The smallest absolute Gasteiger partial charge is 0.424 e. The number of carbonyl (C=O) groups is 1. The standard InChI is InChI=1S/C10H22N2O2/c1-6-8(7-2)12(11)9(13)14-10(3,4)5/h8H,6-7,11H2,1-5H3. The van der Waals surface area contributed by atoms with Crippen LogP contribution in [0.5, 0.6) is 0 Å². The third kappa shape index (κ3) is 4.46. The van der Waals surface area contributed by atoms with E-state index in [0.29, 0.717) is 0 Å². The summed E-state index contributed by atoms with van der Waals surface area (Å²) < 4.78 is 5.15. The van der Waals surface area contributed by atoms with E-state index in [1.807, 2.05) is 34.6 Å². The Labute approximate surface area is 86.4 Å². The highest BCUT2D eigenvalue weighted by atomic mass is 16.6. The normalized spacial score (nSPS) is 11.6. The Morgan fingerprint density at radius 1 is 1.36 bits per heavy atom. The Morgan fingerprint density at radius 3 is 2.07 bits per heavy atom. The van der Waals surface area contributed by atoms with Crippen LogP contribution in [0.25, 0.3) is 0 Å². The molecule has 0 saturated heterocycles. The fourth-order valence-corrected chi connectivity index (χ4v) is 1.15. The topological polar surface area (TPSA) is 55.6 Å². The van der Waals surface area contributed by atoms with E-state index in [4.69, 9.17) is 10.6 Å². The third-order valence-corrected chi connectivity index (χ3v) is 1.94. The first-order valence-electron chi connectivity index (χ1n) is 5.08. The highest BCUT2D eigenvalue weighted by Gasteiger charge is 2.23. The number of hydrogen-bond acceptors (Lipinski definition) is 3. The lowest BCUT2D eigenvalue weighted by Crippen LogP contribution is -2.47. The SMILES string of the molecule is CCC(CC)N(N)C(=O)OC(C)(C)C. The number of carbonyl (C=O) groups excluding carboxylic acids is 1. The Bertz CT molecular complexity index is 183. The van der Waals surface area contributed by atoms with Gasteiger partial charge in [0.1, 0.15) is 5.60 Å². The van der Waals surface area contributed by atoms with E-state index in [0.717, 1.165) is 12.8 Å². The Hall–Kier alpha value is -0.770. The molecule has 0 saturated carbocycles. The molecule has 0 atom stereocenters. The second-order valence-electron chi connectivity index (χ2n) is 4.36. The monoisotopic (exact) mass is 202 g/mol. The summed E-state index contributed by atoms with van der Waals surface area (Å²) in [5.41, 5.74) is -0.485. The minimum Gasteiger partial charge on any atom is -0.443 e. The van der Waals surface area contributed by atoms with E-state index in [9.17, 15) is 4.79 Å². The van der Waals surface area contributed by atoms with Gasteiger partial charge in [-0.2, -0.15) is 0 Å². The average Bonchev–Trinajstić information content (AvgIpc) is 2.03. The molecule has 4 heteroatoms. The third-order valence-electron chi connectivity index (χ3n) is 1.94. The van der Waals surface area contributed by atoms with E-state index in [1.165, 1.54) is 5.01 Å². The summed E-state index contributed by atoms with van der Waals surface area (Å²) in [6, 6.07) is 0.0600. The second kappa shape index (κ2) is 5.20. The Kier molecular flexibility index (Phi) is 4.91. The summed E-state index contributed by atoms with van der Waals surface area (Å²) in [4.78, 5) is 11.5. The van der Waals surface area contributed by atoms with Crippen LogP contribution in [-0.2, 0) is 4.74 Å². The minimum absolute atomic E-state index is 0.0600. The van der Waals surface area contributed by atoms with Crippen molar-refractivity contribution in [2.45, 2.75) is 59.1 Å². The summed E-state index contributed by atoms with van der Waals surface area (Å²) in [5, 5.41) is 1.19. The quantitative estimate of drug-likeness (QED) is 0.434. The van der Waals surface area contributed by atoms with Gasteiger partial charge in [0.2, 0.25) is 0 Å². The molecular formula is C10H22N2O2. The van der Waals surface area contributed by atoms with Crippen molar-refractivity contribution in [3.8, 4) is 0 Å². The summed E-state index contributed by atoms with van der Waals surface area (Å²) in [5.74, 6) is 5.65. The van der Waals surface area contributed by atoms with Gasteiger partial charge in [-0.05, 0) is 33.6 Å². The number of ether oxygens (including phenoxy) is 1. The molecule has 2 N–H and O–H groups in total. The van der Waals surface area contributed by atoms with Gasteiger partial charge in [0.25, 0.3) is 0 Å². The van der Waals surface area contributed by atoms with Gasteiger partial charge >= 0.3 is 6.09 Å². The maximum atomic E-state index is 11.5. The highest BCUT2D eigenvalue weighted by Crippen LogP contribution is 2.12. The van der Waals surface area contributed by atoms with E-state index < -0.39 is 11.7 Å². The molecule has 0 radical (unpaired) electrons. The summed E-state index contributed by atoms with van der Waals surface area (Å²) in [6.07, 6.45) is 1.23. The molecule has 0 aromatic carbocycles. The van der Waals surface area contributed by atoms with Gasteiger partial charge < -0.3 is 4.74 Å².